The second-order valence-electron chi connectivity index (χ2n) is 4.57. The van der Waals surface area contributed by atoms with Crippen LogP contribution in [0.15, 0.2) is 42.5 Å². The molecule has 0 spiro atoms. The smallest absolute Gasteiger partial charge is 0.0853 e. The van der Waals surface area contributed by atoms with E-state index in [4.69, 9.17) is 5.11 Å². The lowest BCUT2D eigenvalue weighted by Crippen LogP contribution is -1.91. The molecular weight excluding hydrogens is 210 g/mol. The van der Waals surface area contributed by atoms with Crippen molar-refractivity contribution in [3.63, 3.8) is 0 Å². The fourth-order valence-corrected chi connectivity index (χ4v) is 2.07. The monoisotopic (exact) mass is 225 g/mol. The summed E-state index contributed by atoms with van der Waals surface area (Å²) in [4.78, 5) is 4.40. The van der Waals surface area contributed by atoms with Gasteiger partial charge in [0.25, 0.3) is 0 Å². The molecule has 1 aromatic carbocycles. The van der Waals surface area contributed by atoms with Crippen molar-refractivity contribution in [3.05, 3.63) is 53.7 Å². The number of rotatable bonds is 3. The van der Waals surface area contributed by atoms with Crippen molar-refractivity contribution >= 4 is 0 Å². The lowest BCUT2D eigenvalue weighted by atomic mass is 10.1. The van der Waals surface area contributed by atoms with E-state index in [9.17, 15) is 0 Å². The van der Waals surface area contributed by atoms with Crippen molar-refractivity contribution < 1.29 is 5.11 Å². The molecule has 0 aliphatic heterocycles. The lowest BCUT2D eigenvalue weighted by molar-refractivity contribution is 0.277. The van der Waals surface area contributed by atoms with Crippen LogP contribution in [0, 0.1) is 0 Å². The highest BCUT2D eigenvalue weighted by Crippen LogP contribution is 2.40. The van der Waals surface area contributed by atoms with Gasteiger partial charge in [-0.3, -0.25) is 4.98 Å². The summed E-state index contributed by atoms with van der Waals surface area (Å²) in [5.74, 6) is 0.792. The molecule has 1 aromatic heterocycles. The molecule has 1 N–H and O–H groups in total. The molecular formula is C15H15NO. The molecule has 0 unspecified atom stereocenters. The van der Waals surface area contributed by atoms with Crippen LogP contribution in [0.2, 0.25) is 0 Å². The third-order valence-corrected chi connectivity index (χ3v) is 3.22. The van der Waals surface area contributed by atoms with E-state index in [1.165, 1.54) is 18.4 Å². The quantitative estimate of drug-likeness (QED) is 0.870. The van der Waals surface area contributed by atoms with Gasteiger partial charge in [-0.2, -0.15) is 0 Å². The first-order valence-corrected chi connectivity index (χ1v) is 6.04. The van der Waals surface area contributed by atoms with Crippen LogP contribution in [0.25, 0.3) is 11.3 Å². The molecule has 1 aliphatic rings. The summed E-state index contributed by atoms with van der Waals surface area (Å²) in [7, 11) is 0. The van der Waals surface area contributed by atoms with Gasteiger partial charge in [-0.15, -0.1) is 0 Å². The Morgan fingerprint density at radius 1 is 1.06 bits per heavy atom. The zero-order valence-electron chi connectivity index (χ0n) is 9.63. The summed E-state index contributed by atoms with van der Waals surface area (Å²) in [6, 6.07) is 14.4. The minimum atomic E-state index is -0.00595. The summed E-state index contributed by atoms with van der Waals surface area (Å²) in [5.41, 5.74) is 4.20. The average molecular weight is 225 g/mol. The maximum absolute atomic E-state index is 9.07. The first kappa shape index (κ1) is 10.5. The summed E-state index contributed by atoms with van der Waals surface area (Å²) in [6.07, 6.45) is 2.66. The maximum Gasteiger partial charge on any atom is 0.0853 e. The summed E-state index contributed by atoms with van der Waals surface area (Å²) < 4.78 is 0. The van der Waals surface area contributed by atoms with Gasteiger partial charge in [0.05, 0.1) is 18.0 Å². The second kappa shape index (κ2) is 4.30. The predicted molar refractivity (Wildman–Crippen MR) is 67.6 cm³/mol. The van der Waals surface area contributed by atoms with Gasteiger partial charge in [0.1, 0.15) is 0 Å². The van der Waals surface area contributed by atoms with E-state index in [0.29, 0.717) is 5.69 Å². The fraction of sp³-hybridized carbons (Fsp3) is 0.267. The minimum Gasteiger partial charge on any atom is -0.390 e. The molecule has 1 aliphatic carbocycles. The molecule has 1 heterocycles. The summed E-state index contributed by atoms with van der Waals surface area (Å²) >= 11 is 0. The molecule has 17 heavy (non-hydrogen) atoms. The van der Waals surface area contributed by atoms with E-state index in [-0.39, 0.29) is 6.61 Å². The van der Waals surface area contributed by atoms with Gasteiger partial charge in [-0.25, -0.2) is 0 Å². The molecule has 1 fully saturated rings. The number of hydrogen-bond donors (Lipinski definition) is 1. The van der Waals surface area contributed by atoms with Crippen molar-refractivity contribution in [1.82, 2.24) is 4.98 Å². The first-order valence-electron chi connectivity index (χ1n) is 6.04. The van der Waals surface area contributed by atoms with E-state index in [1.54, 1.807) is 0 Å². The van der Waals surface area contributed by atoms with Crippen LogP contribution in [0.3, 0.4) is 0 Å². The molecule has 3 rings (SSSR count). The Hall–Kier alpha value is -1.67. The average Bonchev–Trinajstić information content (AvgIpc) is 3.23. The van der Waals surface area contributed by atoms with E-state index >= 15 is 0 Å². The fourth-order valence-electron chi connectivity index (χ4n) is 2.07. The normalized spacial score (nSPS) is 14.9. The van der Waals surface area contributed by atoms with Gasteiger partial charge in [0, 0.05) is 5.56 Å². The van der Waals surface area contributed by atoms with Gasteiger partial charge in [0.15, 0.2) is 0 Å². The Balaban J connectivity index is 1.91. The van der Waals surface area contributed by atoms with Gasteiger partial charge < -0.3 is 5.11 Å². The molecule has 2 aromatic rings. The largest absolute Gasteiger partial charge is 0.390 e. The number of aromatic nitrogens is 1. The van der Waals surface area contributed by atoms with E-state index in [0.717, 1.165) is 17.2 Å². The molecule has 0 radical (unpaired) electrons. The van der Waals surface area contributed by atoms with Crippen LogP contribution in [-0.4, -0.2) is 10.1 Å². The highest BCUT2D eigenvalue weighted by molar-refractivity contribution is 5.59. The van der Waals surface area contributed by atoms with Gasteiger partial charge in [-0.1, -0.05) is 30.3 Å². The van der Waals surface area contributed by atoms with E-state index < -0.39 is 0 Å². The van der Waals surface area contributed by atoms with Crippen molar-refractivity contribution in [3.8, 4) is 11.3 Å². The molecule has 0 saturated heterocycles. The van der Waals surface area contributed by atoms with E-state index in [2.05, 4.69) is 29.2 Å². The number of aliphatic hydroxyl groups is 1. The predicted octanol–water partition coefficient (Wildman–Crippen LogP) is 3.12. The van der Waals surface area contributed by atoms with Crippen LogP contribution in [0.1, 0.15) is 30.0 Å². The number of benzene rings is 1. The highest BCUT2D eigenvalue weighted by Gasteiger charge is 2.22. The molecule has 2 nitrogen and oxygen atoms in total. The number of nitrogens with zero attached hydrogens (tertiary/aromatic N) is 1. The van der Waals surface area contributed by atoms with Crippen LogP contribution in [0.5, 0.6) is 0 Å². The molecule has 0 bridgehead atoms. The van der Waals surface area contributed by atoms with Gasteiger partial charge in [0.2, 0.25) is 0 Å². The zero-order chi connectivity index (χ0) is 11.7. The lowest BCUT2D eigenvalue weighted by Gasteiger charge is -2.04. The van der Waals surface area contributed by atoms with Crippen molar-refractivity contribution in [2.75, 3.05) is 0 Å². The van der Waals surface area contributed by atoms with Crippen LogP contribution >= 0.6 is 0 Å². The van der Waals surface area contributed by atoms with Crippen LogP contribution in [-0.2, 0) is 6.61 Å². The van der Waals surface area contributed by atoms with Crippen LogP contribution in [0.4, 0.5) is 0 Å². The Bertz CT molecular complexity index is 515. The Labute approximate surface area is 101 Å². The topological polar surface area (TPSA) is 33.1 Å². The zero-order valence-corrected chi connectivity index (χ0v) is 9.63. The van der Waals surface area contributed by atoms with Gasteiger partial charge >= 0.3 is 0 Å². The molecule has 2 heteroatoms. The van der Waals surface area contributed by atoms with Crippen LogP contribution < -0.4 is 0 Å². The van der Waals surface area contributed by atoms with E-state index in [1.807, 2.05) is 18.2 Å². The SMILES string of the molecule is OCc1cccc(-c2ccc(C3CC3)cc2)n1. The molecule has 86 valence electrons. The van der Waals surface area contributed by atoms with Crippen molar-refractivity contribution in [2.45, 2.75) is 25.4 Å². The van der Waals surface area contributed by atoms with Gasteiger partial charge in [-0.05, 0) is 36.5 Å². The Morgan fingerprint density at radius 3 is 2.47 bits per heavy atom. The third-order valence-electron chi connectivity index (χ3n) is 3.22. The summed E-state index contributed by atoms with van der Waals surface area (Å²) in [5, 5.41) is 9.07. The highest BCUT2D eigenvalue weighted by atomic mass is 16.3. The second-order valence-corrected chi connectivity index (χ2v) is 4.57. The first-order chi connectivity index (χ1) is 8.36. The third kappa shape index (κ3) is 2.22. The Morgan fingerprint density at radius 2 is 1.82 bits per heavy atom. The molecule has 1 saturated carbocycles. The Kier molecular flexibility index (Phi) is 2.65. The molecule has 0 atom stereocenters. The molecule has 0 amide bonds. The number of hydrogen-bond acceptors (Lipinski definition) is 2. The maximum atomic E-state index is 9.07. The minimum absolute atomic E-state index is 0.00595. The van der Waals surface area contributed by atoms with Crippen molar-refractivity contribution in [1.29, 1.82) is 0 Å². The standard InChI is InChI=1S/C15H15NO/c17-10-14-2-1-3-15(16-14)13-8-6-12(7-9-13)11-4-5-11/h1-3,6-9,11,17H,4-5,10H2. The number of aliphatic hydroxyl groups excluding tert-OH is 1. The summed E-state index contributed by atoms with van der Waals surface area (Å²) in [6.45, 7) is -0.00595. The van der Waals surface area contributed by atoms with Crippen molar-refractivity contribution in [2.24, 2.45) is 0 Å². The number of pyridine rings is 1.